The van der Waals surface area contributed by atoms with Gasteiger partial charge in [0, 0.05) is 22.5 Å². The summed E-state index contributed by atoms with van der Waals surface area (Å²) in [7, 11) is 0. The highest BCUT2D eigenvalue weighted by molar-refractivity contribution is 5.57. The summed E-state index contributed by atoms with van der Waals surface area (Å²) in [5.74, 6) is 0. The van der Waals surface area contributed by atoms with Crippen LogP contribution in [0, 0.1) is 0 Å². The van der Waals surface area contributed by atoms with Crippen LogP contribution in [0.5, 0.6) is 0 Å². The minimum Gasteiger partial charge on any atom is -0.399 e. The van der Waals surface area contributed by atoms with Crippen molar-refractivity contribution in [3.63, 3.8) is 0 Å². The second-order valence-corrected chi connectivity index (χ2v) is 5.20. The van der Waals surface area contributed by atoms with Gasteiger partial charge in [0.1, 0.15) is 0 Å². The van der Waals surface area contributed by atoms with Crippen LogP contribution in [-0.2, 0) is 0 Å². The Bertz CT molecular complexity index is 647. The maximum atomic E-state index is 14.6. The number of alkyl halides is 8. The molecular weight excluding hydrogens is 348 g/mol. The smallest absolute Gasteiger partial charge is 0.399 e. The second-order valence-electron chi connectivity index (χ2n) is 5.20. The zero-order valence-electron chi connectivity index (χ0n) is 11.6. The molecule has 0 fully saturated rings. The minimum atomic E-state index is -5.65. The Kier molecular flexibility index (Phi) is 3.86. The Balaban J connectivity index is 2.82. The minimum absolute atomic E-state index is 0.109. The van der Waals surface area contributed by atoms with Crippen molar-refractivity contribution in [2.75, 3.05) is 0 Å². The second kappa shape index (κ2) is 5.12. The molecule has 0 saturated carbocycles. The first-order chi connectivity index (χ1) is 10.7. The molecule has 0 aromatic heterocycles. The van der Waals surface area contributed by atoms with Crippen LogP contribution >= 0.6 is 0 Å². The van der Waals surface area contributed by atoms with Crippen LogP contribution in [0.3, 0.4) is 0 Å². The molecule has 2 aliphatic carbocycles. The molecule has 2 unspecified atom stereocenters. The van der Waals surface area contributed by atoms with Crippen molar-refractivity contribution in [2.24, 2.45) is 11.5 Å². The van der Waals surface area contributed by atoms with Crippen LogP contribution in [0.25, 0.3) is 0 Å². The van der Waals surface area contributed by atoms with Crippen molar-refractivity contribution in [3.05, 3.63) is 59.0 Å². The molecule has 0 saturated heterocycles. The number of allylic oxidation sites excluding steroid dienone is 8. The average molecular weight is 358 g/mol. The van der Waals surface area contributed by atoms with Crippen molar-refractivity contribution in [1.29, 1.82) is 0 Å². The number of hydrogen-bond acceptors (Lipinski definition) is 2. The van der Waals surface area contributed by atoms with Crippen LogP contribution < -0.4 is 11.5 Å². The first kappa shape index (κ1) is 18.1. The van der Waals surface area contributed by atoms with Crippen molar-refractivity contribution < 1.29 is 35.1 Å². The third-order valence-corrected chi connectivity index (χ3v) is 3.52. The monoisotopic (exact) mass is 358 g/mol. The van der Waals surface area contributed by atoms with Crippen molar-refractivity contribution in [1.82, 2.24) is 0 Å². The molecule has 10 heteroatoms. The van der Waals surface area contributed by atoms with Gasteiger partial charge in [-0.25, -0.2) is 8.78 Å². The molecule has 0 aromatic carbocycles. The lowest BCUT2D eigenvalue weighted by Gasteiger charge is -2.35. The summed E-state index contributed by atoms with van der Waals surface area (Å²) in [5, 5.41) is 0. The summed E-state index contributed by atoms with van der Waals surface area (Å²) in [6.07, 6.45) is -9.29. The van der Waals surface area contributed by atoms with Crippen LogP contribution in [-0.4, -0.2) is 23.7 Å². The van der Waals surface area contributed by atoms with Crippen LogP contribution in [0.4, 0.5) is 35.1 Å². The molecule has 0 amide bonds. The first-order valence-electron chi connectivity index (χ1n) is 6.32. The van der Waals surface area contributed by atoms with Gasteiger partial charge in [0.15, 0.2) is 0 Å². The van der Waals surface area contributed by atoms with E-state index >= 15 is 0 Å². The summed E-state index contributed by atoms with van der Waals surface area (Å²) < 4.78 is 108. The fourth-order valence-corrected chi connectivity index (χ4v) is 2.35. The lowest BCUT2D eigenvalue weighted by Crippen LogP contribution is -2.48. The molecule has 2 aliphatic rings. The highest BCUT2D eigenvalue weighted by Crippen LogP contribution is 2.51. The van der Waals surface area contributed by atoms with Gasteiger partial charge >= 0.3 is 12.4 Å². The van der Waals surface area contributed by atoms with Gasteiger partial charge in [-0.3, -0.25) is 0 Å². The molecule has 0 aromatic rings. The van der Waals surface area contributed by atoms with Crippen LogP contribution in [0.1, 0.15) is 0 Å². The van der Waals surface area contributed by atoms with E-state index in [9.17, 15) is 35.1 Å². The summed E-state index contributed by atoms with van der Waals surface area (Å²) >= 11 is 0. The van der Waals surface area contributed by atoms with E-state index in [0.29, 0.717) is 12.2 Å². The molecule has 2 nitrogen and oxygen atoms in total. The van der Waals surface area contributed by atoms with E-state index in [2.05, 4.69) is 0 Å². The Morgan fingerprint density at radius 2 is 0.917 bits per heavy atom. The summed E-state index contributed by atoms with van der Waals surface area (Å²) in [6, 6.07) is 0. The van der Waals surface area contributed by atoms with Gasteiger partial charge in [0.2, 0.25) is 0 Å². The molecule has 0 radical (unpaired) electrons. The van der Waals surface area contributed by atoms with E-state index in [1.165, 1.54) is 0 Å². The summed E-state index contributed by atoms with van der Waals surface area (Å²) in [4.78, 5) is 0. The molecule has 4 N–H and O–H groups in total. The van der Waals surface area contributed by atoms with Gasteiger partial charge < -0.3 is 11.5 Å². The van der Waals surface area contributed by atoms with Crippen molar-refractivity contribution >= 4 is 0 Å². The van der Waals surface area contributed by atoms with Gasteiger partial charge in [0.25, 0.3) is 11.3 Å². The fraction of sp³-hybridized carbons (Fsp3) is 0.286. The Labute approximate surface area is 130 Å². The van der Waals surface area contributed by atoms with E-state index in [-0.39, 0.29) is 12.2 Å². The molecule has 0 bridgehead atoms. The van der Waals surface area contributed by atoms with E-state index in [1.807, 2.05) is 0 Å². The predicted molar refractivity (Wildman–Crippen MR) is 69.6 cm³/mol. The molecule has 132 valence electrons. The normalized spacial score (nSPS) is 34.2. The Morgan fingerprint density at radius 1 is 0.625 bits per heavy atom. The van der Waals surface area contributed by atoms with Crippen molar-refractivity contribution in [3.8, 4) is 0 Å². The van der Waals surface area contributed by atoms with Crippen LogP contribution in [0.2, 0.25) is 0 Å². The first-order valence-corrected chi connectivity index (χ1v) is 6.32. The lowest BCUT2D eigenvalue weighted by molar-refractivity contribution is -0.205. The van der Waals surface area contributed by atoms with Gasteiger partial charge in [-0.15, -0.1) is 0 Å². The third kappa shape index (κ3) is 2.59. The zero-order valence-corrected chi connectivity index (χ0v) is 11.6. The van der Waals surface area contributed by atoms with Gasteiger partial charge in [-0.1, -0.05) is 12.2 Å². The number of halogens is 8. The standard InChI is InChI=1S/C14H10F8N2/c15-11(13(17,18)19)5-7(23)1-3-9(11)10-4-2-8(24)6-12(10,16)14(20,21)22/h1-6H,23-24H2. The van der Waals surface area contributed by atoms with E-state index in [1.54, 1.807) is 0 Å². The van der Waals surface area contributed by atoms with Crippen LogP contribution in [0.15, 0.2) is 59.0 Å². The molecule has 0 heterocycles. The van der Waals surface area contributed by atoms with E-state index in [4.69, 9.17) is 11.5 Å². The Hall–Kier alpha value is -2.26. The quantitative estimate of drug-likeness (QED) is 0.650. The van der Waals surface area contributed by atoms with Gasteiger partial charge in [-0.2, -0.15) is 26.3 Å². The van der Waals surface area contributed by atoms with Gasteiger partial charge in [0.05, 0.1) is 0 Å². The highest BCUT2D eigenvalue weighted by atomic mass is 19.4. The maximum absolute atomic E-state index is 14.6. The van der Waals surface area contributed by atoms with E-state index in [0.717, 1.165) is 12.2 Å². The topological polar surface area (TPSA) is 52.0 Å². The SMILES string of the molecule is NC1=CC(F)(C(F)(F)F)C(=C2C=CC(N)=CC2(F)C(F)(F)F)C=C1. The molecule has 24 heavy (non-hydrogen) atoms. The zero-order chi connectivity index (χ0) is 18.6. The molecule has 0 spiro atoms. The number of nitrogens with two attached hydrogens (primary N) is 2. The third-order valence-electron chi connectivity index (χ3n) is 3.52. The highest BCUT2D eigenvalue weighted by Gasteiger charge is 2.63. The fourth-order valence-electron chi connectivity index (χ4n) is 2.35. The van der Waals surface area contributed by atoms with E-state index < -0.39 is 46.2 Å². The molecular formula is C14H10F8N2. The Morgan fingerprint density at radius 3 is 1.17 bits per heavy atom. The number of hydrogen-bond donors (Lipinski definition) is 2. The lowest BCUT2D eigenvalue weighted by atomic mass is 9.78. The molecule has 2 rings (SSSR count). The molecule has 0 aliphatic heterocycles. The molecule has 2 atom stereocenters. The van der Waals surface area contributed by atoms with Gasteiger partial charge in [-0.05, 0) is 24.3 Å². The largest absolute Gasteiger partial charge is 0.430 e. The predicted octanol–water partition coefficient (Wildman–Crippen LogP) is 3.65. The number of rotatable bonds is 0. The summed E-state index contributed by atoms with van der Waals surface area (Å²) in [5.41, 5.74) is -2.95. The van der Waals surface area contributed by atoms with Crippen molar-refractivity contribution in [2.45, 2.75) is 23.7 Å². The average Bonchev–Trinajstić information content (AvgIpc) is 2.37. The maximum Gasteiger partial charge on any atom is 0.430 e. The summed E-state index contributed by atoms with van der Waals surface area (Å²) in [6.45, 7) is 0.